The van der Waals surface area contributed by atoms with Crippen molar-refractivity contribution in [3.05, 3.63) is 89.5 Å². The summed E-state index contributed by atoms with van der Waals surface area (Å²) in [6, 6.07) is 18.9. The Hall–Kier alpha value is -3.44. The topological polar surface area (TPSA) is 83.8 Å². The van der Waals surface area contributed by atoms with Crippen molar-refractivity contribution in [3.63, 3.8) is 0 Å². The van der Waals surface area contributed by atoms with Gasteiger partial charge in [-0.25, -0.2) is 4.79 Å². The smallest absolute Gasteiger partial charge is 0.335 e. The van der Waals surface area contributed by atoms with Gasteiger partial charge in [0.15, 0.2) is 0 Å². The number of benzene rings is 3. The highest BCUT2D eigenvalue weighted by Crippen LogP contribution is 2.34. The van der Waals surface area contributed by atoms with Gasteiger partial charge >= 0.3 is 5.97 Å². The molecule has 5 nitrogen and oxygen atoms in total. The fraction of sp³-hybridized carbons (Fsp3) is 0.310. The molecule has 3 atom stereocenters. The van der Waals surface area contributed by atoms with Crippen molar-refractivity contribution < 1.29 is 24.5 Å². The number of fused-ring (bicyclic) bond motifs is 1. The normalized spacial score (nSPS) is 19.1. The second-order valence-corrected chi connectivity index (χ2v) is 8.98. The standard InChI is InChI=1S/C29H30O5/c1-34-28-18-23-5-3-2-4-22(23)16-24(28)17-25(30)13-11-20-12-15-27(31)26(20)14-8-19-6-9-21(10-7-19)29(32)33/h2-7,9-11,13,16,18,20,25-26,30H,8,12,14-15,17H2,1H3,(H,32,33). The first-order valence-corrected chi connectivity index (χ1v) is 11.7. The lowest BCUT2D eigenvalue weighted by Crippen LogP contribution is -2.15. The van der Waals surface area contributed by atoms with Crippen molar-refractivity contribution in [2.24, 2.45) is 11.8 Å². The Morgan fingerprint density at radius 3 is 2.50 bits per heavy atom. The van der Waals surface area contributed by atoms with E-state index in [0.717, 1.165) is 46.9 Å². The van der Waals surface area contributed by atoms with E-state index >= 15 is 0 Å². The third kappa shape index (κ3) is 5.54. The summed E-state index contributed by atoms with van der Waals surface area (Å²) in [6.45, 7) is 0. The highest BCUT2D eigenvalue weighted by Gasteiger charge is 2.32. The van der Waals surface area contributed by atoms with E-state index in [-0.39, 0.29) is 23.2 Å². The van der Waals surface area contributed by atoms with Gasteiger partial charge in [0.1, 0.15) is 11.5 Å². The second kappa shape index (κ2) is 10.7. The van der Waals surface area contributed by atoms with Crippen molar-refractivity contribution >= 4 is 22.5 Å². The van der Waals surface area contributed by atoms with E-state index in [1.807, 2.05) is 54.6 Å². The van der Waals surface area contributed by atoms with Gasteiger partial charge in [0, 0.05) is 18.8 Å². The predicted molar refractivity (Wildman–Crippen MR) is 132 cm³/mol. The molecule has 0 aliphatic heterocycles. The van der Waals surface area contributed by atoms with Gasteiger partial charge in [-0.15, -0.1) is 0 Å². The first kappa shape index (κ1) is 23.7. The maximum atomic E-state index is 12.5. The summed E-state index contributed by atoms with van der Waals surface area (Å²) in [5.74, 6) is 0.121. The molecule has 3 unspecified atom stereocenters. The molecule has 0 radical (unpaired) electrons. The number of carboxylic acid groups (broad SMARTS) is 1. The lowest BCUT2D eigenvalue weighted by Gasteiger charge is -2.16. The number of aryl methyl sites for hydroxylation is 1. The van der Waals surface area contributed by atoms with Crippen LogP contribution in [0.2, 0.25) is 0 Å². The minimum atomic E-state index is -0.942. The molecular formula is C29H30O5. The van der Waals surface area contributed by atoms with Crippen molar-refractivity contribution in [2.45, 2.75) is 38.2 Å². The minimum absolute atomic E-state index is 0.0715. The maximum absolute atomic E-state index is 12.5. The molecule has 4 rings (SSSR count). The molecule has 34 heavy (non-hydrogen) atoms. The maximum Gasteiger partial charge on any atom is 0.335 e. The van der Waals surface area contributed by atoms with Crippen LogP contribution in [0.3, 0.4) is 0 Å². The zero-order chi connectivity index (χ0) is 24.1. The number of carbonyl (C=O) groups excluding carboxylic acids is 1. The number of allylic oxidation sites excluding steroid dienone is 1. The van der Waals surface area contributed by atoms with E-state index in [9.17, 15) is 14.7 Å². The molecule has 1 saturated carbocycles. The Labute approximate surface area is 199 Å². The number of hydrogen-bond donors (Lipinski definition) is 2. The lowest BCUT2D eigenvalue weighted by molar-refractivity contribution is -0.121. The zero-order valence-electron chi connectivity index (χ0n) is 19.3. The van der Waals surface area contributed by atoms with E-state index in [1.165, 1.54) is 0 Å². The van der Waals surface area contributed by atoms with Crippen molar-refractivity contribution in [1.29, 1.82) is 0 Å². The van der Waals surface area contributed by atoms with Gasteiger partial charge in [-0.05, 0) is 71.3 Å². The number of methoxy groups -OCH3 is 1. The lowest BCUT2D eigenvalue weighted by atomic mass is 9.88. The Kier molecular flexibility index (Phi) is 7.43. The zero-order valence-corrected chi connectivity index (χ0v) is 19.3. The average Bonchev–Trinajstić information content (AvgIpc) is 3.20. The number of hydrogen-bond acceptors (Lipinski definition) is 4. The molecule has 0 heterocycles. The Bertz CT molecular complexity index is 1190. The molecule has 0 saturated heterocycles. The summed E-state index contributed by atoms with van der Waals surface area (Å²) in [6.07, 6.45) is 6.37. The van der Waals surface area contributed by atoms with Gasteiger partial charge in [0.25, 0.3) is 0 Å². The number of Topliss-reactive ketones (excluding diaryl/α,β-unsaturated/α-hetero) is 1. The van der Waals surface area contributed by atoms with Gasteiger partial charge in [0.2, 0.25) is 0 Å². The first-order valence-electron chi connectivity index (χ1n) is 11.7. The van der Waals surface area contributed by atoms with E-state index in [2.05, 4.69) is 6.07 Å². The van der Waals surface area contributed by atoms with Gasteiger partial charge < -0.3 is 14.9 Å². The summed E-state index contributed by atoms with van der Waals surface area (Å²) >= 11 is 0. The summed E-state index contributed by atoms with van der Waals surface area (Å²) in [7, 11) is 1.64. The van der Waals surface area contributed by atoms with E-state index in [0.29, 0.717) is 12.8 Å². The predicted octanol–water partition coefficient (Wildman–Crippen LogP) is 5.23. The summed E-state index contributed by atoms with van der Waals surface area (Å²) < 4.78 is 5.55. The third-order valence-corrected chi connectivity index (χ3v) is 6.76. The SMILES string of the molecule is COc1cc2ccccc2cc1CC(O)C=CC1CCC(=O)C1CCc1ccc(C(=O)O)cc1. The number of ether oxygens (including phenoxy) is 1. The van der Waals surface area contributed by atoms with Crippen LogP contribution in [0.4, 0.5) is 0 Å². The summed E-state index contributed by atoms with van der Waals surface area (Å²) in [5, 5.41) is 22.0. The second-order valence-electron chi connectivity index (χ2n) is 8.98. The molecule has 1 aliphatic rings. The molecule has 0 aromatic heterocycles. The number of aliphatic hydroxyl groups is 1. The molecule has 5 heteroatoms. The highest BCUT2D eigenvalue weighted by molar-refractivity contribution is 5.87. The van der Waals surface area contributed by atoms with Crippen LogP contribution in [0, 0.1) is 11.8 Å². The number of ketones is 1. The number of carbonyl (C=O) groups is 2. The van der Waals surface area contributed by atoms with Crippen LogP contribution in [-0.4, -0.2) is 35.2 Å². The Balaban J connectivity index is 1.39. The van der Waals surface area contributed by atoms with Crippen molar-refractivity contribution in [1.82, 2.24) is 0 Å². The van der Waals surface area contributed by atoms with Gasteiger partial charge in [0.05, 0.1) is 18.8 Å². The molecule has 0 spiro atoms. The monoisotopic (exact) mass is 458 g/mol. The van der Waals surface area contributed by atoms with Crippen LogP contribution in [0.15, 0.2) is 72.8 Å². The molecule has 0 amide bonds. The van der Waals surface area contributed by atoms with Crippen LogP contribution >= 0.6 is 0 Å². The van der Waals surface area contributed by atoms with Crippen LogP contribution in [-0.2, 0) is 17.6 Å². The molecule has 1 fully saturated rings. The first-order chi connectivity index (χ1) is 16.4. The Morgan fingerprint density at radius 2 is 1.82 bits per heavy atom. The molecule has 2 N–H and O–H groups in total. The molecule has 176 valence electrons. The van der Waals surface area contributed by atoms with Crippen LogP contribution in [0.5, 0.6) is 5.75 Å². The number of carboxylic acids is 1. The molecule has 0 bridgehead atoms. The van der Waals surface area contributed by atoms with Crippen LogP contribution in [0.25, 0.3) is 10.8 Å². The molecular weight excluding hydrogens is 428 g/mol. The number of aromatic carboxylic acids is 1. The number of rotatable bonds is 9. The fourth-order valence-corrected chi connectivity index (χ4v) is 4.86. The van der Waals surface area contributed by atoms with E-state index in [4.69, 9.17) is 9.84 Å². The van der Waals surface area contributed by atoms with Crippen LogP contribution < -0.4 is 4.74 Å². The van der Waals surface area contributed by atoms with Crippen LogP contribution in [0.1, 0.15) is 40.7 Å². The van der Waals surface area contributed by atoms with Gasteiger partial charge in [-0.2, -0.15) is 0 Å². The van der Waals surface area contributed by atoms with E-state index < -0.39 is 12.1 Å². The van der Waals surface area contributed by atoms with Crippen molar-refractivity contribution in [2.75, 3.05) is 7.11 Å². The minimum Gasteiger partial charge on any atom is -0.496 e. The number of aliphatic hydroxyl groups excluding tert-OH is 1. The van der Waals surface area contributed by atoms with E-state index in [1.54, 1.807) is 19.2 Å². The van der Waals surface area contributed by atoms with Crippen molar-refractivity contribution in [3.8, 4) is 5.75 Å². The average molecular weight is 459 g/mol. The third-order valence-electron chi connectivity index (χ3n) is 6.76. The highest BCUT2D eigenvalue weighted by atomic mass is 16.5. The van der Waals surface area contributed by atoms with Gasteiger partial charge in [-0.1, -0.05) is 48.6 Å². The summed E-state index contributed by atoms with van der Waals surface area (Å²) in [4.78, 5) is 23.5. The van der Waals surface area contributed by atoms with Gasteiger partial charge in [-0.3, -0.25) is 4.79 Å². The Morgan fingerprint density at radius 1 is 1.12 bits per heavy atom. The quantitative estimate of drug-likeness (QED) is 0.429. The fourth-order valence-electron chi connectivity index (χ4n) is 4.86. The molecule has 3 aromatic carbocycles. The largest absolute Gasteiger partial charge is 0.496 e. The molecule has 1 aliphatic carbocycles. The summed E-state index contributed by atoms with van der Waals surface area (Å²) in [5.41, 5.74) is 2.23. The molecule has 3 aromatic rings.